The maximum absolute atomic E-state index is 12.5. The summed E-state index contributed by atoms with van der Waals surface area (Å²) < 4.78 is 5.64. The minimum Gasteiger partial charge on any atom is -0.492 e. The number of rotatable bonds is 3. The number of carbonyl (C=O) groups excluding carboxylic acids is 1. The zero-order chi connectivity index (χ0) is 15.9. The first-order valence-corrected chi connectivity index (χ1v) is 7.73. The van der Waals surface area contributed by atoms with Crippen molar-refractivity contribution in [3.8, 4) is 5.75 Å². The van der Waals surface area contributed by atoms with Crippen LogP contribution in [0.25, 0.3) is 0 Å². The van der Waals surface area contributed by atoms with Gasteiger partial charge in [-0.3, -0.25) is 9.59 Å². The molecule has 3 atom stereocenters. The highest BCUT2D eigenvalue weighted by molar-refractivity contribution is 5.86. The minimum absolute atomic E-state index is 0.0378. The van der Waals surface area contributed by atoms with E-state index in [4.69, 9.17) is 9.84 Å². The number of benzene rings is 1. The zero-order valence-electron chi connectivity index (χ0n) is 12.9. The number of aryl methyl sites for hydroxylation is 2. The van der Waals surface area contributed by atoms with E-state index in [0.29, 0.717) is 19.4 Å². The van der Waals surface area contributed by atoms with Gasteiger partial charge in [-0.1, -0.05) is 6.07 Å². The van der Waals surface area contributed by atoms with Crippen LogP contribution < -0.4 is 10.1 Å². The third-order valence-electron chi connectivity index (χ3n) is 4.85. The van der Waals surface area contributed by atoms with Gasteiger partial charge in [0.15, 0.2) is 0 Å². The Labute approximate surface area is 129 Å². The third-order valence-corrected chi connectivity index (χ3v) is 4.85. The van der Waals surface area contributed by atoms with Crippen molar-refractivity contribution in [2.45, 2.75) is 45.1 Å². The topological polar surface area (TPSA) is 75.6 Å². The second kappa shape index (κ2) is 5.63. The molecule has 1 amide bonds. The normalized spacial score (nSPS) is 26.4. The molecule has 2 aliphatic rings. The number of nitrogens with one attached hydrogen (secondary N) is 1. The summed E-state index contributed by atoms with van der Waals surface area (Å²) in [6, 6.07) is 3.97. The summed E-state index contributed by atoms with van der Waals surface area (Å²) in [5.41, 5.74) is 3.24. The van der Waals surface area contributed by atoms with Crippen LogP contribution in [0.3, 0.4) is 0 Å². The number of aliphatic carboxylic acids is 1. The van der Waals surface area contributed by atoms with Crippen LogP contribution in [0.2, 0.25) is 0 Å². The Hall–Kier alpha value is -2.04. The Morgan fingerprint density at radius 1 is 1.23 bits per heavy atom. The minimum atomic E-state index is -0.766. The predicted molar refractivity (Wildman–Crippen MR) is 81.1 cm³/mol. The first kappa shape index (κ1) is 14.9. The number of carbonyl (C=O) groups is 2. The SMILES string of the molecule is Cc1cc2c(cc1C)[C@@H](C(=O)N[C@@H]1CC[C@H](C(=O)O)C1)CO2. The van der Waals surface area contributed by atoms with Gasteiger partial charge in [0.2, 0.25) is 5.91 Å². The molecule has 0 radical (unpaired) electrons. The molecule has 1 aliphatic heterocycles. The quantitative estimate of drug-likeness (QED) is 0.897. The highest BCUT2D eigenvalue weighted by atomic mass is 16.5. The molecule has 1 fully saturated rings. The Bertz CT molecular complexity index is 625. The molecule has 1 aromatic rings. The summed E-state index contributed by atoms with van der Waals surface area (Å²) in [7, 11) is 0. The lowest BCUT2D eigenvalue weighted by Gasteiger charge is -2.16. The largest absolute Gasteiger partial charge is 0.492 e. The Morgan fingerprint density at radius 3 is 2.64 bits per heavy atom. The van der Waals surface area contributed by atoms with Crippen molar-refractivity contribution >= 4 is 11.9 Å². The second-order valence-electron chi connectivity index (χ2n) is 6.39. The molecule has 1 aromatic carbocycles. The lowest BCUT2D eigenvalue weighted by molar-refractivity contribution is -0.141. The van der Waals surface area contributed by atoms with Crippen LogP contribution in [-0.2, 0) is 9.59 Å². The molecule has 1 heterocycles. The van der Waals surface area contributed by atoms with E-state index in [1.807, 2.05) is 26.0 Å². The highest BCUT2D eigenvalue weighted by Crippen LogP contribution is 2.36. The number of carboxylic acids is 1. The standard InChI is InChI=1S/C17H21NO4/c1-9-5-13-14(8-22-15(13)6-10(9)2)16(19)18-12-4-3-11(7-12)17(20)21/h5-6,11-12,14H,3-4,7-8H2,1-2H3,(H,18,19)(H,20,21)/t11-,12+,14-/m0/s1. The zero-order valence-corrected chi connectivity index (χ0v) is 12.9. The van der Waals surface area contributed by atoms with E-state index < -0.39 is 5.97 Å². The number of hydrogen-bond donors (Lipinski definition) is 2. The summed E-state index contributed by atoms with van der Waals surface area (Å²) in [6.45, 7) is 4.41. The molecular weight excluding hydrogens is 282 g/mol. The highest BCUT2D eigenvalue weighted by Gasteiger charge is 2.35. The summed E-state index contributed by atoms with van der Waals surface area (Å²) >= 11 is 0. The number of amides is 1. The Morgan fingerprint density at radius 2 is 1.95 bits per heavy atom. The second-order valence-corrected chi connectivity index (χ2v) is 6.39. The van der Waals surface area contributed by atoms with Crippen LogP contribution in [-0.4, -0.2) is 29.6 Å². The van der Waals surface area contributed by atoms with Gasteiger partial charge in [-0.2, -0.15) is 0 Å². The molecule has 5 heteroatoms. The molecule has 0 bridgehead atoms. The average Bonchev–Trinajstić information content (AvgIpc) is 3.06. The molecule has 22 heavy (non-hydrogen) atoms. The molecule has 0 spiro atoms. The maximum atomic E-state index is 12.5. The van der Waals surface area contributed by atoms with Crippen LogP contribution in [0.1, 0.15) is 41.9 Å². The molecule has 1 saturated carbocycles. The summed E-state index contributed by atoms with van der Waals surface area (Å²) in [4.78, 5) is 23.5. The molecule has 1 aliphatic carbocycles. The Kier molecular flexibility index (Phi) is 3.81. The van der Waals surface area contributed by atoms with Crippen LogP contribution in [0.15, 0.2) is 12.1 Å². The number of carboxylic acid groups (broad SMARTS) is 1. The fourth-order valence-corrected chi connectivity index (χ4v) is 3.33. The van der Waals surface area contributed by atoms with Crippen molar-refractivity contribution in [2.75, 3.05) is 6.61 Å². The van der Waals surface area contributed by atoms with Crippen molar-refractivity contribution in [1.82, 2.24) is 5.32 Å². The van der Waals surface area contributed by atoms with Gasteiger partial charge in [-0.15, -0.1) is 0 Å². The number of ether oxygens (including phenoxy) is 1. The van der Waals surface area contributed by atoms with Crippen LogP contribution in [0.4, 0.5) is 0 Å². The van der Waals surface area contributed by atoms with Gasteiger partial charge in [0.25, 0.3) is 0 Å². The molecular formula is C17H21NO4. The smallest absolute Gasteiger partial charge is 0.306 e. The van der Waals surface area contributed by atoms with Crippen molar-refractivity contribution in [2.24, 2.45) is 5.92 Å². The fraction of sp³-hybridized carbons (Fsp3) is 0.529. The van der Waals surface area contributed by atoms with E-state index in [1.54, 1.807) is 0 Å². The molecule has 3 rings (SSSR count). The lowest BCUT2D eigenvalue weighted by atomic mass is 9.96. The first-order chi connectivity index (χ1) is 10.5. The lowest BCUT2D eigenvalue weighted by Crippen LogP contribution is -2.37. The van der Waals surface area contributed by atoms with Gasteiger partial charge in [0, 0.05) is 11.6 Å². The molecule has 2 N–H and O–H groups in total. The van der Waals surface area contributed by atoms with E-state index in [9.17, 15) is 9.59 Å². The van der Waals surface area contributed by atoms with Gasteiger partial charge in [0.05, 0.1) is 5.92 Å². The van der Waals surface area contributed by atoms with E-state index in [-0.39, 0.29) is 23.8 Å². The van der Waals surface area contributed by atoms with Crippen LogP contribution >= 0.6 is 0 Å². The van der Waals surface area contributed by atoms with Gasteiger partial charge in [-0.25, -0.2) is 0 Å². The molecule has 0 unspecified atom stereocenters. The van der Waals surface area contributed by atoms with Gasteiger partial charge >= 0.3 is 5.97 Å². The third kappa shape index (κ3) is 2.67. The molecule has 5 nitrogen and oxygen atoms in total. The van der Waals surface area contributed by atoms with Crippen LogP contribution in [0.5, 0.6) is 5.75 Å². The van der Waals surface area contributed by atoms with E-state index in [0.717, 1.165) is 28.9 Å². The van der Waals surface area contributed by atoms with Crippen molar-refractivity contribution in [3.05, 3.63) is 28.8 Å². The molecule has 118 valence electrons. The van der Waals surface area contributed by atoms with Crippen molar-refractivity contribution < 1.29 is 19.4 Å². The van der Waals surface area contributed by atoms with Crippen molar-refractivity contribution in [3.63, 3.8) is 0 Å². The molecule has 0 saturated heterocycles. The predicted octanol–water partition coefficient (Wildman–Crippen LogP) is 2.15. The van der Waals surface area contributed by atoms with E-state index in [1.165, 1.54) is 0 Å². The van der Waals surface area contributed by atoms with Crippen LogP contribution in [0, 0.1) is 19.8 Å². The van der Waals surface area contributed by atoms with Gasteiger partial charge < -0.3 is 15.2 Å². The van der Waals surface area contributed by atoms with Gasteiger partial charge in [0.1, 0.15) is 18.3 Å². The molecule has 0 aromatic heterocycles. The fourth-order valence-electron chi connectivity index (χ4n) is 3.33. The number of fused-ring (bicyclic) bond motifs is 1. The van der Waals surface area contributed by atoms with Gasteiger partial charge in [-0.05, 0) is 50.3 Å². The summed E-state index contributed by atoms with van der Waals surface area (Å²) in [5.74, 6) is -0.658. The average molecular weight is 303 g/mol. The van der Waals surface area contributed by atoms with Crippen molar-refractivity contribution in [1.29, 1.82) is 0 Å². The van der Waals surface area contributed by atoms with E-state index >= 15 is 0 Å². The summed E-state index contributed by atoms with van der Waals surface area (Å²) in [5, 5.41) is 12.0. The maximum Gasteiger partial charge on any atom is 0.306 e. The Balaban J connectivity index is 1.68. The van der Waals surface area contributed by atoms with E-state index in [2.05, 4.69) is 5.32 Å². The first-order valence-electron chi connectivity index (χ1n) is 7.73. The number of hydrogen-bond acceptors (Lipinski definition) is 3. The summed E-state index contributed by atoms with van der Waals surface area (Å²) in [6.07, 6.45) is 1.89. The monoisotopic (exact) mass is 303 g/mol.